The molecule has 0 heterocycles. The van der Waals surface area contributed by atoms with E-state index >= 15 is 0 Å². The van der Waals surface area contributed by atoms with Gasteiger partial charge in [0.05, 0.1) is 0 Å². The molecule has 26 heavy (non-hydrogen) atoms. The van der Waals surface area contributed by atoms with Crippen molar-refractivity contribution in [3.05, 3.63) is 106 Å². The molecule has 1 unspecified atom stereocenters. The number of rotatable bonds is 2. The predicted molar refractivity (Wildman–Crippen MR) is 91.5 cm³/mol. The Bertz CT molecular complexity index is 899. The zero-order valence-electron chi connectivity index (χ0n) is 13.6. The molecule has 0 spiro atoms. The van der Waals surface area contributed by atoms with E-state index in [9.17, 15) is 17.6 Å². The van der Waals surface area contributed by atoms with Crippen LogP contribution in [0.3, 0.4) is 0 Å². The third kappa shape index (κ3) is 1.96. The molecule has 0 N–H and O–H groups in total. The summed E-state index contributed by atoms with van der Waals surface area (Å²) in [4.78, 5) is 0. The first-order valence-electron chi connectivity index (χ1n) is 8.57. The second kappa shape index (κ2) is 5.44. The highest BCUT2D eigenvalue weighted by Crippen LogP contribution is 2.55. The topological polar surface area (TPSA) is 0 Å². The standard InChI is InChI=1S/C22H14F4/c23-19-17-15-10-14(12-7-3-4-8-12)16(9-13(15)11-5-1-2-6-11)18(17)20(24)22(26)21(19)25/h1-12,15-16H/t15-,16?/m1/s1. The Kier molecular flexibility index (Phi) is 3.27. The van der Waals surface area contributed by atoms with Gasteiger partial charge in [0.15, 0.2) is 23.3 Å². The fraction of sp³-hybridized carbons (Fsp3) is 0.182. The van der Waals surface area contributed by atoms with E-state index in [-0.39, 0.29) is 23.0 Å². The summed E-state index contributed by atoms with van der Waals surface area (Å²) in [6, 6.07) is 0. The lowest BCUT2D eigenvalue weighted by Crippen LogP contribution is -2.29. The molecule has 2 atom stereocenters. The summed E-state index contributed by atoms with van der Waals surface area (Å²) in [5.74, 6) is -7.32. The van der Waals surface area contributed by atoms with Gasteiger partial charge in [0, 0.05) is 34.8 Å². The lowest BCUT2D eigenvalue weighted by molar-refractivity contribution is 0.392. The second-order valence-corrected chi connectivity index (χ2v) is 6.96. The van der Waals surface area contributed by atoms with Crippen LogP contribution in [0, 0.1) is 35.1 Å². The van der Waals surface area contributed by atoms with Gasteiger partial charge in [0.1, 0.15) is 0 Å². The summed E-state index contributed by atoms with van der Waals surface area (Å²) in [6.45, 7) is 0. The molecule has 6 rings (SSSR count). The van der Waals surface area contributed by atoms with Crippen LogP contribution < -0.4 is 0 Å². The molecule has 0 radical (unpaired) electrons. The van der Waals surface area contributed by atoms with Crippen LogP contribution in [0.25, 0.3) is 0 Å². The number of hydrogen-bond donors (Lipinski definition) is 0. The zero-order valence-corrected chi connectivity index (χ0v) is 13.6. The predicted octanol–water partition coefficient (Wildman–Crippen LogP) is 5.77. The van der Waals surface area contributed by atoms with E-state index < -0.39 is 35.1 Å². The van der Waals surface area contributed by atoms with E-state index in [1.807, 2.05) is 60.8 Å². The second-order valence-electron chi connectivity index (χ2n) is 6.96. The van der Waals surface area contributed by atoms with E-state index in [0.29, 0.717) is 0 Å². The van der Waals surface area contributed by atoms with Gasteiger partial charge in [-0.15, -0.1) is 0 Å². The molecule has 0 amide bonds. The Morgan fingerprint density at radius 3 is 1.19 bits per heavy atom. The van der Waals surface area contributed by atoms with Gasteiger partial charge in [0.2, 0.25) is 0 Å². The van der Waals surface area contributed by atoms with Crippen molar-refractivity contribution in [2.24, 2.45) is 11.8 Å². The molecular weight excluding hydrogens is 340 g/mol. The fourth-order valence-electron chi connectivity index (χ4n) is 4.50. The summed E-state index contributed by atoms with van der Waals surface area (Å²) >= 11 is 0. The first-order valence-corrected chi connectivity index (χ1v) is 8.57. The molecule has 0 fully saturated rings. The van der Waals surface area contributed by atoms with Gasteiger partial charge < -0.3 is 0 Å². The average Bonchev–Trinajstić information content (AvgIpc) is 3.37. The molecule has 0 aliphatic heterocycles. The molecular formula is C22H14F4. The molecule has 5 aliphatic carbocycles. The van der Waals surface area contributed by atoms with Crippen LogP contribution in [0.15, 0.2) is 71.9 Å². The molecule has 0 saturated heterocycles. The third-order valence-corrected chi connectivity index (χ3v) is 5.67. The lowest BCUT2D eigenvalue weighted by atomic mass is 9.63. The summed E-state index contributed by atoms with van der Waals surface area (Å²) in [7, 11) is 0. The molecule has 130 valence electrons. The van der Waals surface area contributed by atoms with Crippen LogP contribution in [0.2, 0.25) is 0 Å². The molecule has 4 heteroatoms. The lowest BCUT2D eigenvalue weighted by Gasteiger charge is -2.40. The monoisotopic (exact) mass is 354 g/mol. The van der Waals surface area contributed by atoms with E-state index in [4.69, 9.17) is 0 Å². The number of benzene rings is 1. The molecule has 5 aliphatic rings. The molecule has 1 aromatic carbocycles. The largest absolute Gasteiger partial charge is 0.203 e. The first kappa shape index (κ1) is 15.6. The minimum Gasteiger partial charge on any atom is -0.203 e. The average molecular weight is 354 g/mol. The van der Waals surface area contributed by atoms with Crippen LogP contribution in [0.5, 0.6) is 0 Å². The van der Waals surface area contributed by atoms with Crippen LogP contribution >= 0.6 is 0 Å². The van der Waals surface area contributed by atoms with Crippen molar-refractivity contribution < 1.29 is 17.6 Å². The number of hydrogen-bond acceptors (Lipinski definition) is 0. The fourth-order valence-corrected chi connectivity index (χ4v) is 4.50. The molecule has 0 nitrogen and oxygen atoms in total. The summed E-state index contributed by atoms with van der Waals surface area (Å²) in [5, 5.41) is 0. The first-order chi connectivity index (χ1) is 12.6. The SMILES string of the molecule is Fc1c(F)c(F)c2c(c1F)C1C=C(C3C=CC=C3)[C@H]2C=C1C1C=CC=C1. The van der Waals surface area contributed by atoms with Crippen molar-refractivity contribution >= 4 is 0 Å². The van der Waals surface area contributed by atoms with Crippen molar-refractivity contribution in [2.75, 3.05) is 0 Å². The van der Waals surface area contributed by atoms with Gasteiger partial charge >= 0.3 is 0 Å². The minimum atomic E-state index is -1.73. The third-order valence-electron chi connectivity index (χ3n) is 5.67. The highest BCUT2D eigenvalue weighted by Gasteiger charge is 2.43. The quantitative estimate of drug-likeness (QED) is 0.274. The maximum absolute atomic E-state index is 14.6. The van der Waals surface area contributed by atoms with Gasteiger partial charge in [-0.3, -0.25) is 0 Å². The molecule has 0 saturated carbocycles. The van der Waals surface area contributed by atoms with Crippen LogP contribution in [0.1, 0.15) is 23.0 Å². The maximum atomic E-state index is 14.6. The normalized spacial score (nSPS) is 26.0. The van der Waals surface area contributed by atoms with E-state index in [0.717, 1.165) is 11.1 Å². The van der Waals surface area contributed by atoms with Crippen molar-refractivity contribution in [1.82, 2.24) is 0 Å². The minimum absolute atomic E-state index is 0.0429. The van der Waals surface area contributed by atoms with Crippen molar-refractivity contribution in [3.8, 4) is 0 Å². The van der Waals surface area contributed by atoms with Gasteiger partial charge in [0.25, 0.3) is 0 Å². The summed E-state index contributed by atoms with van der Waals surface area (Å²) in [5.41, 5.74) is 1.64. The Hall–Kier alpha value is -2.62. The smallest absolute Gasteiger partial charge is 0.197 e. The Balaban J connectivity index is 1.74. The Labute approximate surface area is 148 Å². The van der Waals surface area contributed by atoms with Gasteiger partial charge in [-0.05, 0) is 0 Å². The van der Waals surface area contributed by atoms with Crippen molar-refractivity contribution in [1.29, 1.82) is 0 Å². The number of halogens is 4. The van der Waals surface area contributed by atoms with E-state index in [2.05, 4.69) is 0 Å². The molecule has 1 aromatic rings. The van der Waals surface area contributed by atoms with Crippen LogP contribution in [-0.2, 0) is 0 Å². The van der Waals surface area contributed by atoms with Gasteiger partial charge in [-0.25, -0.2) is 17.6 Å². The van der Waals surface area contributed by atoms with Crippen molar-refractivity contribution in [2.45, 2.75) is 11.8 Å². The zero-order chi connectivity index (χ0) is 18.0. The summed E-state index contributed by atoms with van der Waals surface area (Å²) in [6.07, 6.45) is 19.2. The highest BCUT2D eigenvalue weighted by atomic mass is 19.2. The van der Waals surface area contributed by atoms with Crippen molar-refractivity contribution in [3.63, 3.8) is 0 Å². The molecule has 2 bridgehead atoms. The maximum Gasteiger partial charge on any atom is 0.197 e. The van der Waals surface area contributed by atoms with Gasteiger partial charge in [-0.2, -0.15) is 0 Å². The summed E-state index contributed by atoms with van der Waals surface area (Å²) < 4.78 is 57.1. The van der Waals surface area contributed by atoms with Crippen LogP contribution in [0.4, 0.5) is 17.6 Å². The van der Waals surface area contributed by atoms with Crippen LogP contribution in [-0.4, -0.2) is 0 Å². The Morgan fingerprint density at radius 2 is 0.846 bits per heavy atom. The molecule has 0 aromatic heterocycles. The Morgan fingerprint density at radius 1 is 0.500 bits per heavy atom. The van der Waals surface area contributed by atoms with Gasteiger partial charge in [-0.1, -0.05) is 71.9 Å². The van der Waals surface area contributed by atoms with E-state index in [1.165, 1.54) is 0 Å². The number of allylic oxidation sites excluding steroid dienone is 12. The van der Waals surface area contributed by atoms with E-state index in [1.54, 1.807) is 0 Å². The highest BCUT2D eigenvalue weighted by molar-refractivity contribution is 5.61.